The molecule has 0 spiro atoms. The van der Waals surface area contributed by atoms with Crippen LogP contribution in [0.25, 0.3) is 22.2 Å². The van der Waals surface area contributed by atoms with E-state index in [0.717, 1.165) is 54.2 Å². The predicted octanol–water partition coefficient (Wildman–Crippen LogP) is 3.02. The molecular weight excluding hydrogens is 418 g/mol. The van der Waals surface area contributed by atoms with Crippen LogP contribution >= 0.6 is 0 Å². The Morgan fingerprint density at radius 3 is 2.61 bits per heavy atom. The molecule has 0 aliphatic carbocycles. The van der Waals surface area contributed by atoms with Crippen molar-refractivity contribution in [3.8, 4) is 17.1 Å². The summed E-state index contributed by atoms with van der Waals surface area (Å²) in [5.41, 5.74) is 3.35. The molecule has 9 heteroatoms. The summed E-state index contributed by atoms with van der Waals surface area (Å²) in [5, 5.41) is 19.2. The molecule has 5 rings (SSSR count). The largest absolute Gasteiger partial charge is 0.475 e. The Balaban J connectivity index is 1.33. The monoisotopic (exact) mass is 445 g/mol. The fraction of sp³-hybridized carbons (Fsp3) is 0.333. The lowest BCUT2D eigenvalue weighted by Crippen LogP contribution is -2.48. The number of piperazine rings is 1. The molecule has 0 aromatic carbocycles. The number of nitrogens with zero attached hydrogens (tertiary/aromatic N) is 6. The molecule has 0 amide bonds. The summed E-state index contributed by atoms with van der Waals surface area (Å²) in [4.78, 5) is 17.5. The summed E-state index contributed by atoms with van der Waals surface area (Å²) in [7, 11) is 0. The highest BCUT2D eigenvalue weighted by atomic mass is 16.5. The van der Waals surface area contributed by atoms with Gasteiger partial charge in [-0.15, -0.1) is 0 Å². The third-order valence-corrected chi connectivity index (χ3v) is 5.73. The maximum absolute atomic E-state index is 10.7. The van der Waals surface area contributed by atoms with E-state index in [9.17, 15) is 5.11 Å². The fourth-order valence-electron chi connectivity index (χ4n) is 4.07. The summed E-state index contributed by atoms with van der Waals surface area (Å²) in [5.74, 6) is 1.47. The normalized spacial score (nSPS) is 15.8. The molecule has 1 aliphatic rings. The van der Waals surface area contributed by atoms with Crippen LogP contribution in [0, 0.1) is 0 Å². The lowest BCUT2D eigenvalue weighted by molar-refractivity contribution is -0.00484. The second-order valence-corrected chi connectivity index (χ2v) is 8.36. The van der Waals surface area contributed by atoms with Crippen LogP contribution in [0.3, 0.4) is 0 Å². The van der Waals surface area contributed by atoms with Gasteiger partial charge in [-0.25, -0.2) is 9.97 Å². The Hall–Kier alpha value is -3.56. The zero-order valence-corrected chi connectivity index (χ0v) is 18.7. The van der Waals surface area contributed by atoms with Gasteiger partial charge in [0.1, 0.15) is 11.5 Å². The van der Waals surface area contributed by atoms with Crippen molar-refractivity contribution in [3.05, 3.63) is 60.7 Å². The van der Waals surface area contributed by atoms with Gasteiger partial charge in [-0.3, -0.25) is 15.0 Å². The van der Waals surface area contributed by atoms with E-state index in [2.05, 4.69) is 36.1 Å². The highest BCUT2D eigenvalue weighted by Gasteiger charge is 2.25. The van der Waals surface area contributed by atoms with E-state index < -0.39 is 6.23 Å². The second-order valence-electron chi connectivity index (χ2n) is 8.36. The Morgan fingerprint density at radius 1 is 1.00 bits per heavy atom. The molecule has 33 heavy (non-hydrogen) atoms. The standard InChI is InChI=1S/C24H27N7O2/c1-16(2)33-22-14-18-20(15-27-22)28-29-23(18)17-6-8-26-21(13-17)30-9-11-31(12-10-30)24(32)19-5-3-4-7-25-19/h3-8,13-16,24,32H,9-12H2,1-2H3,(H,28,29). The minimum Gasteiger partial charge on any atom is -0.475 e. The van der Waals surface area contributed by atoms with E-state index in [1.165, 1.54) is 0 Å². The van der Waals surface area contributed by atoms with E-state index in [0.29, 0.717) is 11.6 Å². The van der Waals surface area contributed by atoms with Crippen molar-refractivity contribution in [2.24, 2.45) is 0 Å². The van der Waals surface area contributed by atoms with Crippen molar-refractivity contribution >= 4 is 16.7 Å². The van der Waals surface area contributed by atoms with Crippen LogP contribution in [0.1, 0.15) is 25.8 Å². The number of aromatic amines is 1. The summed E-state index contributed by atoms with van der Waals surface area (Å²) >= 11 is 0. The van der Waals surface area contributed by atoms with Crippen LogP contribution in [-0.2, 0) is 0 Å². The fourth-order valence-corrected chi connectivity index (χ4v) is 4.07. The van der Waals surface area contributed by atoms with Crippen molar-refractivity contribution in [3.63, 3.8) is 0 Å². The average molecular weight is 446 g/mol. The van der Waals surface area contributed by atoms with Gasteiger partial charge in [0.05, 0.1) is 23.5 Å². The van der Waals surface area contributed by atoms with E-state index >= 15 is 0 Å². The molecule has 5 heterocycles. The third kappa shape index (κ3) is 4.50. The second kappa shape index (κ2) is 9.13. The van der Waals surface area contributed by atoms with Gasteiger partial charge in [0.15, 0.2) is 6.23 Å². The summed E-state index contributed by atoms with van der Waals surface area (Å²) in [6.07, 6.45) is 4.62. The zero-order chi connectivity index (χ0) is 22.8. The molecule has 1 aliphatic heterocycles. The predicted molar refractivity (Wildman–Crippen MR) is 126 cm³/mol. The van der Waals surface area contributed by atoms with Crippen LogP contribution in [0.15, 0.2) is 55.0 Å². The highest BCUT2D eigenvalue weighted by Crippen LogP contribution is 2.30. The van der Waals surface area contributed by atoms with Crippen molar-refractivity contribution in [1.82, 2.24) is 30.0 Å². The zero-order valence-electron chi connectivity index (χ0n) is 18.7. The molecule has 1 atom stereocenters. The number of rotatable bonds is 6. The number of aliphatic hydroxyl groups is 1. The molecule has 4 aromatic rings. The number of fused-ring (bicyclic) bond motifs is 1. The van der Waals surface area contributed by atoms with Gasteiger partial charge in [-0.2, -0.15) is 5.10 Å². The van der Waals surface area contributed by atoms with Crippen molar-refractivity contribution in [2.45, 2.75) is 26.2 Å². The third-order valence-electron chi connectivity index (χ3n) is 5.73. The van der Waals surface area contributed by atoms with Crippen LogP contribution in [0.4, 0.5) is 5.82 Å². The van der Waals surface area contributed by atoms with Gasteiger partial charge in [0, 0.05) is 55.6 Å². The number of ether oxygens (including phenoxy) is 1. The van der Waals surface area contributed by atoms with Crippen LogP contribution in [0.5, 0.6) is 5.88 Å². The van der Waals surface area contributed by atoms with Gasteiger partial charge in [-0.05, 0) is 38.1 Å². The number of hydrogen-bond acceptors (Lipinski definition) is 8. The minimum absolute atomic E-state index is 0.0488. The first-order valence-corrected chi connectivity index (χ1v) is 11.1. The maximum Gasteiger partial charge on any atom is 0.214 e. The molecular formula is C24H27N7O2. The Morgan fingerprint density at radius 2 is 1.85 bits per heavy atom. The first kappa shape index (κ1) is 21.3. The maximum atomic E-state index is 10.7. The molecule has 2 N–H and O–H groups in total. The highest BCUT2D eigenvalue weighted by molar-refractivity contribution is 5.93. The lowest BCUT2D eigenvalue weighted by atomic mass is 10.1. The van der Waals surface area contributed by atoms with E-state index in [4.69, 9.17) is 4.74 Å². The van der Waals surface area contributed by atoms with E-state index in [-0.39, 0.29) is 6.10 Å². The van der Waals surface area contributed by atoms with Crippen molar-refractivity contribution < 1.29 is 9.84 Å². The number of pyridine rings is 3. The smallest absolute Gasteiger partial charge is 0.214 e. The van der Waals surface area contributed by atoms with E-state index in [1.807, 2.05) is 55.3 Å². The van der Waals surface area contributed by atoms with E-state index in [1.54, 1.807) is 12.4 Å². The number of aliphatic hydroxyl groups excluding tert-OH is 1. The Kier molecular flexibility index (Phi) is 5.89. The van der Waals surface area contributed by atoms with Crippen molar-refractivity contribution in [1.29, 1.82) is 0 Å². The number of hydrogen-bond donors (Lipinski definition) is 2. The van der Waals surface area contributed by atoms with Crippen LogP contribution < -0.4 is 9.64 Å². The lowest BCUT2D eigenvalue weighted by Gasteiger charge is -2.37. The minimum atomic E-state index is -0.695. The van der Waals surface area contributed by atoms with Gasteiger partial charge < -0.3 is 14.7 Å². The average Bonchev–Trinajstić information content (AvgIpc) is 3.27. The molecule has 0 radical (unpaired) electrons. The topological polar surface area (TPSA) is 103 Å². The number of aromatic nitrogens is 5. The van der Waals surface area contributed by atoms with Gasteiger partial charge in [0.2, 0.25) is 5.88 Å². The number of H-pyrrole nitrogens is 1. The van der Waals surface area contributed by atoms with Crippen LogP contribution in [-0.4, -0.2) is 67.4 Å². The van der Waals surface area contributed by atoms with Gasteiger partial charge >= 0.3 is 0 Å². The molecule has 1 unspecified atom stereocenters. The number of anilines is 1. The number of nitrogens with one attached hydrogen (secondary N) is 1. The Bertz CT molecular complexity index is 1220. The SMILES string of the molecule is CC(C)Oc1cc2c(-c3ccnc(N4CCN(C(O)c5ccccn5)CC4)c3)n[nH]c2cn1. The van der Waals surface area contributed by atoms with Crippen molar-refractivity contribution in [2.75, 3.05) is 31.1 Å². The Labute approximate surface area is 192 Å². The molecule has 4 aromatic heterocycles. The molecule has 1 saturated heterocycles. The van der Waals surface area contributed by atoms with Gasteiger partial charge in [-0.1, -0.05) is 6.07 Å². The molecule has 9 nitrogen and oxygen atoms in total. The summed E-state index contributed by atoms with van der Waals surface area (Å²) in [6, 6.07) is 11.5. The molecule has 1 fully saturated rings. The summed E-state index contributed by atoms with van der Waals surface area (Å²) < 4.78 is 5.76. The molecule has 0 bridgehead atoms. The first-order chi connectivity index (χ1) is 16.1. The van der Waals surface area contributed by atoms with Crippen LogP contribution in [0.2, 0.25) is 0 Å². The summed E-state index contributed by atoms with van der Waals surface area (Å²) in [6.45, 7) is 6.92. The first-order valence-electron chi connectivity index (χ1n) is 11.1. The molecule has 0 saturated carbocycles. The molecule has 170 valence electrons. The van der Waals surface area contributed by atoms with Gasteiger partial charge in [0.25, 0.3) is 0 Å². The quantitative estimate of drug-likeness (QED) is 0.467.